The largest absolute Gasteiger partial charge is 0.482 e. The number of aliphatic hydroxyl groups excluding tert-OH is 2. The molecule has 0 heterocycles. The second-order valence-corrected chi connectivity index (χ2v) is 3.77. The van der Waals surface area contributed by atoms with Gasteiger partial charge in [-0.15, -0.1) is 0 Å². The first-order chi connectivity index (χ1) is 9.10. The van der Waals surface area contributed by atoms with Crippen molar-refractivity contribution < 1.29 is 24.9 Å². The number of aliphatic hydroxyl groups is 2. The van der Waals surface area contributed by atoms with Crippen LogP contribution in [0.25, 0.3) is 0 Å². The number of hydrogen-bond acceptors (Lipinski definition) is 5. The van der Waals surface area contributed by atoms with Crippen molar-refractivity contribution in [3.05, 3.63) is 29.3 Å². The Labute approximate surface area is 116 Å². The maximum atomic E-state index is 10.1. The molecule has 0 fully saturated rings. The van der Waals surface area contributed by atoms with Crippen LogP contribution in [0.15, 0.2) is 24.3 Å². The molecule has 0 aliphatic rings. The average molecular weight is 292 g/mol. The highest BCUT2D eigenvalue weighted by Gasteiger charge is 1.97. The highest BCUT2D eigenvalue weighted by molar-refractivity contribution is 6.30. The molecular formula is C12H18ClNO5. The molecule has 19 heavy (non-hydrogen) atoms. The number of aliphatic carboxylic acids is 1. The van der Waals surface area contributed by atoms with Gasteiger partial charge in [0.2, 0.25) is 0 Å². The van der Waals surface area contributed by atoms with Gasteiger partial charge in [-0.3, -0.25) is 0 Å². The van der Waals surface area contributed by atoms with Gasteiger partial charge in [-0.2, -0.15) is 0 Å². The molecule has 0 spiro atoms. The zero-order valence-electron chi connectivity index (χ0n) is 10.4. The smallest absolute Gasteiger partial charge is 0.341 e. The van der Waals surface area contributed by atoms with Gasteiger partial charge in [-0.25, -0.2) is 4.79 Å². The molecule has 0 aromatic heterocycles. The van der Waals surface area contributed by atoms with Crippen LogP contribution >= 0.6 is 11.6 Å². The first-order valence-electron chi connectivity index (χ1n) is 5.62. The van der Waals surface area contributed by atoms with Gasteiger partial charge in [-0.05, 0) is 24.3 Å². The zero-order chi connectivity index (χ0) is 14.5. The van der Waals surface area contributed by atoms with Crippen LogP contribution in [-0.4, -0.2) is 54.2 Å². The topological polar surface area (TPSA) is 99.0 Å². The van der Waals surface area contributed by atoms with Crippen LogP contribution in [-0.2, 0) is 4.79 Å². The standard InChI is InChI=1S/C8H7ClO3.C4H11NO2/c9-6-1-3-7(4-2-6)12-5-8(10)11;6-3-1-5-2-4-7/h1-4H,5H2,(H,10,11);5-7H,1-4H2. The first-order valence-corrected chi connectivity index (χ1v) is 6.00. The third kappa shape index (κ3) is 11.5. The molecule has 0 aliphatic heterocycles. The Morgan fingerprint density at radius 3 is 2.11 bits per heavy atom. The van der Waals surface area contributed by atoms with Crippen LogP contribution in [0.3, 0.4) is 0 Å². The third-order valence-corrected chi connectivity index (χ3v) is 2.01. The van der Waals surface area contributed by atoms with E-state index >= 15 is 0 Å². The molecular weight excluding hydrogens is 274 g/mol. The van der Waals surface area contributed by atoms with Crippen LogP contribution in [0, 0.1) is 0 Å². The Morgan fingerprint density at radius 1 is 1.16 bits per heavy atom. The lowest BCUT2D eigenvalue weighted by atomic mass is 10.3. The lowest BCUT2D eigenvalue weighted by molar-refractivity contribution is -0.139. The van der Waals surface area contributed by atoms with E-state index in [0.717, 1.165) is 0 Å². The van der Waals surface area contributed by atoms with Gasteiger partial charge >= 0.3 is 5.97 Å². The fourth-order valence-electron chi connectivity index (χ4n) is 0.959. The van der Waals surface area contributed by atoms with Crippen LogP contribution in [0.5, 0.6) is 5.75 Å². The monoisotopic (exact) mass is 291 g/mol. The quantitative estimate of drug-likeness (QED) is 0.542. The van der Waals surface area contributed by atoms with Gasteiger partial charge in [-0.1, -0.05) is 11.6 Å². The number of ether oxygens (including phenoxy) is 1. The van der Waals surface area contributed by atoms with E-state index < -0.39 is 5.97 Å². The number of halogens is 1. The number of carboxylic acids is 1. The van der Waals surface area contributed by atoms with E-state index in [0.29, 0.717) is 23.9 Å². The minimum atomic E-state index is -0.995. The predicted molar refractivity (Wildman–Crippen MR) is 71.6 cm³/mol. The molecule has 1 aromatic carbocycles. The number of carbonyl (C=O) groups is 1. The van der Waals surface area contributed by atoms with E-state index in [9.17, 15) is 4.79 Å². The second-order valence-electron chi connectivity index (χ2n) is 3.33. The summed E-state index contributed by atoms with van der Waals surface area (Å²) < 4.78 is 4.86. The number of rotatable bonds is 7. The molecule has 0 saturated carbocycles. The number of benzene rings is 1. The molecule has 0 unspecified atom stereocenters. The summed E-state index contributed by atoms with van der Waals surface area (Å²) in [4.78, 5) is 10.1. The Bertz CT molecular complexity index is 340. The lowest BCUT2D eigenvalue weighted by Crippen LogP contribution is -2.21. The van der Waals surface area contributed by atoms with E-state index in [1.165, 1.54) is 0 Å². The molecule has 0 amide bonds. The summed E-state index contributed by atoms with van der Waals surface area (Å²) >= 11 is 5.60. The summed E-state index contributed by atoms with van der Waals surface area (Å²) in [5.74, 6) is -0.494. The molecule has 1 aromatic rings. The van der Waals surface area contributed by atoms with Crippen molar-refractivity contribution in [1.82, 2.24) is 5.32 Å². The Hall–Kier alpha value is -1.34. The van der Waals surface area contributed by atoms with Gasteiger partial charge in [0.1, 0.15) is 5.75 Å². The zero-order valence-corrected chi connectivity index (χ0v) is 11.1. The molecule has 0 saturated heterocycles. The maximum Gasteiger partial charge on any atom is 0.341 e. The van der Waals surface area contributed by atoms with E-state index in [2.05, 4.69) is 5.32 Å². The molecule has 0 bridgehead atoms. The summed E-state index contributed by atoms with van der Waals surface area (Å²) in [6, 6.07) is 6.51. The van der Waals surface area contributed by atoms with Crippen molar-refractivity contribution in [3.8, 4) is 5.75 Å². The lowest BCUT2D eigenvalue weighted by Gasteiger charge is -2.01. The third-order valence-electron chi connectivity index (χ3n) is 1.75. The van der Waals surface area contributed by atoms with Crippen LogP contribution < -0.4 is 10.1 Å². The van der Waals surface area contributed by atoms with Crippen molar-refractivity contribution >= 4 is 17.6 Å². The average Bonchev–Trinajstić information content (AvgIpc) is 2.39. The molecule has 0 radical (unpaired) electrons. The fraction of sp³-hybridized carbons (Fsp3) is 0.417. The summed E-state index contributed by atoms with van der Waals surface area (Å²) in [5.41, 5.74) is 0. The summed E-state index contributed by atoms with van der Waals surface area (Å²) in [7, 11) is 0. The Kier molecular flexibility index (Phi) is 10.9. The molecule has 1 rings (SSSR count). The summed E-state index contributed by atoms with van der Waals surface area (Å²) in [6.07, 6.45) is 0. The van der Waals surface area contributed by atoms with Crippen LogP contribution in [0.4, 0.5) is 0 Å². The van der Waals surface area contributed by atoms with Crippen molar-refractivity contribution in [2.45, 2.75) is 0 Å². The number of nitrogens with one attached hydrogen (secondary N) is 1. The second kappa shape index (κ2) is 11.7. The van der Waals surface area contributed by atoms with Gasteiger partial charge in [0.05, 0.1) is 13.2 Å². The first kappa shape index (κ1) is 17.7. The molecule has 7 heteroatoms. The van der Waals surface area contributed by atoms with E-state index in [4.69, 9.17) is 31.7 Å². The SMILES string of the molecule is O=C(O)COc1ccc(Cl)cc1.OCCNCCO. The Morgan fingerprint density at radius 2 is 1.68 bits per heavy atom. The van der Waals surface area contributed by atoms with Crippen LogP contribution in [0.2, 0.25) is 5.02 Å². The van der Waals surface area contributed by atoms with Gasteiger partial charge in [0.25, 0.3) is 0 Å². The van der Waals surface area contributed by atoms with Crippen molar-refractivity contribution in [2.24, 2.45) is 0 Å². The van der Waals surface area contributed by atoms with Crippen molar-refractivity contribution in [2.75, 3.05) is 32.9 Å². The number of carboxylic acid groups (broad SMARTS) is 1. The van der Waals surface area contributed by atoms with E-state index in [1.807, 2.05) is 0 Å². The van der Waals surface area contributed by atoms with E-state index in [-0.39, 0.29) is 19.8 Å². The van der Waals surface area contributed by atoms with Gasteiger partial charge < -0.3 is 25.4 Å². The molecule has 0 aliphatic carbocycles. The highest BCUT2D eigenvalue weighted by Crippen LogP contribution is 2.15. The normalized spacial score (nSPS) is 9.42. The molecule has 4 N–H and O–H groups in total. The molecule has 108 valence electrons. The minimum Gasteiger partial charge on any atom is -0.482 e. The summed E-state index contributed by atoms with van der Waals surface area (Å²) in [6.45, 7) is 1.09. The summed E-state index contributed by atoms with van der Waals surface area (Å²) in [5, 5.41) is 28.0. The number of hydrogen-bond donors (Lipinski definition) is 4. The predicted octanol–water partition coefficient (Wildman–Crippen LogP) is 0.364. The maximum absolute atomic E-state index is 10.1. The fourth-order valence-corrected chi connectivity index (χ4v) is 1.08. The van der Waals surface area contributed by atoms with Gasteiger partial charge in [0, 0.05) is 18.1 Å². The van der Waals surface area contributed by atoms with Crippen LogP contribution in [0.1, 0.15) is 0 Å². The molecule has 6 nitrogen and oxygen atoms in total. The van der Waals surface area contributed by atoms with Crippen molar-refractivity contribution in [3.63, 3.8) is 0 Å². The molecule has 0 atom stereocenters. The van der Waals surface area contributed by atoms with E-state index in [1.54, 1.807) is 24.3 Å². The van der Waals surface area contributed by atoms with Crippen molar-refractivity contribution in [1.29, 1.82) is 0 Å². The minimum absolute atomic E-state index is 0.139. The highest BCUT2D eigenvalue weighted by atomic mass is 35.5. The Balaban J connectivity index is 0.000000399. The van der Waals surface area contributed by atoms with Gasteiger partial charge in [0.15, 0.2) is 6.61 Å².